The monoisotopic (exact) mass is 427 g/mol. The maximum absolute atomic E-state index is 5.93. The molecule has 0 aliphatic heterocycles. The maximum Gasteiger partial charge on any atom is 0.193 e. The van der Waals surface area contributed by atoms with Gasteiger partial charge in [0.05, 0.1) is 25.0 Å². The topological polar surface area (TPSA) is 75.8 Å². The molecule has 7 heteroatoms. The van der Waals surface area contributed by atoms with Gasteiger partial charge >= 0.3 is 0 Å². The van der Waals surface area contributed by atoms with Crippen LogP contribution in [0.3, 0.4) is 0 Å². The predicted octanol–water partition coefficient (Wildman–Crippen LogP) is 2.70. The molecule has 1 aromatic carbocycles. The summed E-state index contributed by atoms with van der Waals surface area (Å²) in [5, 5.41) is 3.04. The number of halogens is 1. The molecule has 23 heavy (non-hydrogen) atoms. The van der Waals surface area contributed by atoms with Gasteiger partial charge in [-0.3, -0.25) is 4.98 Å². The van der Waals surface area contributed by atoms with E-state index in [1.54, 1.807) is 13.3 Å². The number of aromatic nitrogens is 1. The molecule has 6 nitrogen and oxygen atoms in total. The van der Waals surface area contributed by atoms with E-state index >= 15 is 0 Å². The summed E-state index contributed by atoms with van der Waals surface area (Å²) in [5.74, 6) is 1.10. The number of anilines is 2. The second-order valence-electron chi connectivity index (χ2n) is 4.92. The minimum absolute atomic E-state index is 0. The standard InChI is InChI=1S/C16H21N5O.HI/c1-21(2)15-8-5-9-18-14(15)11-19-16(17)20-12-6-4-7-13(10-12)22-3;/h4-10H,11H2,1-3H3,(H3,17,19,20);1H. The fourth-order valence-electron chi connectivity index (χ4n) is 2.01. The minimum atomic E-state index is 0. The van der Waals surface area contributed by atoms with Crippen molar-refractivity contribution in [3.05, 3.63) is 48.3 Å². The molecule has 0 aliphatic rings. The summed E-state index contributed by atoms with van der Waals surface area (Å²) in [6, 6.07) is 11.4. The number of hydrogen-bond donors (Lipinski definition) is 2. The molecule has 0 saturated heterocycles. The summed E-state index contributed by atoms with van der Waals surface area (Å²) in [6.45, 7) is 0.414. The molecule has 0 atom stereocenters. The van der Waals surface area contributed by atoms with Crippen molar-refractivity contribution in [3.8, 4) is 5.75 Å². The number of guanidine groups is 1. The van der Waals surface area contributed by atoms with Gasteiger partial charge in [-0.15, -0.1) is 24.0 Å². The van der Waals surface area contributed by atoms with E-state index in [0.717, 1.165) is 22.8 Å². The van der Waals surface area contributed by atoms with Crippen LogP contribution in [0.1, 0.15) is 5.69 Å². The van der Waals surface area contributed by atoms with Crippen molar-refractivity contribution in [2.45, 2.75) is 6.54 Å². The summed E-state index contributed by atoms with van der Waals surface area (Å²) in [7, 11) is 5.57. The van der Waals surface area contributed by atoms with E-state index in [1.165, 1.54) is 0 Å². The van der Waals surface area contributed by atoms with Crippen molar-refractivity contribution in [2.24, 2.45) is 10.7 Å². The Morgan fingerprint density at radius 2 is 2.09 bits per heavy atom. The van der Waals surface area contributed by atoms with E-state index in [2.05, 4.69) is 15.3 Å². The van der Waals surface area contributed by atoms with Crippen LogP contribution >= 0.6 is 24.0 Å². The van der Waals surface area contributed by atoms with Crippen LogP contribution in [0.2, 0.25) is 0 Å². The van der Waals surface area contributed by atoms with Crippen LogP contribution in [0.4, 0.5) is 11.4 Å². The first-order valence-electron chi connectivity index (χ1n) is 6.92. The van der Waals surface area contributed by atoms with Gasteiger partial charge in [-0.05, 0) is 24.3 Å². The number of aliphatic imine (C=N–C) groups is 1. The SMILES string of the molecule is COc1cccc(NC(N)=NCc2ncccc2N(C)C)c1.I. The highest BCUT2D eigenvalue weighted by atomic mass is 127. The molecule has 3 N–H and O–H groups in total. The molecule has 0 spiro atoms. The number of nitrogens with one attached hydrogen (secondary N) is 1. The number of methoxy groups -OCH3 is 1. The zero-order chi connectivity index (χ0) is 15.9. The Kier molecular flexibility index (Phi) is 7.60. The number of ether oxygens (including phenoxy) is 1. The van der Waals surface area contributed by atoms with Crippen molar-refractivity contribution in [1.82, 2.24) is 4.98 Å². The summed E-state index contributed by atoms with van der Waals surface area (Å²) in [5.41, 5.74) is 8.66. The lowest BCUT2D eigenvalue weighted by atomic mass is 10.3. The van der Waals surface area contributed by atoms with E-state index in [4.69, 9.17) is 10.5 Å². The Hall–Kier alpha value is -2.03. The van der Waals surface area contributed by atoms with Crippen molar-refractivity contribution in [3.63, 3.8) is 0 Å². The fraction of sp³-hybridized carbons (Fsp3) is 0.250. The van der Waals surface area contributed by atoms with Gasteiger partial charge in [0.25, 0.3) is 0 Å². The number of rotatable bonds is 5. The molecule has 0 amide bonds. The minimum Gasteiger partial charge on any atom is -0.497 e. The van der Waals surface area contributed by atoms with Crippen molar-refractivity contribution < 1.29 is 4.74 Å². The van der Waals surface area contributed by atoms with Crippen LogP contribution in [0.15, 0.2) is 47.6 Å². The predicted molar refractivity (Wildman–Crippen MR) is 106 cm³/mol. The Bertz CT molecular complexity index is 660. The fourth-order valence-corrected chi connectivity index (χ4v) is 2.01. The second-order valence-corrected chi connectivity index (χ2v) is 4.92. The Balaban J connectivity index is 0.00000264. The lowest BCUT2D eigenvalue weighted by molar-refractivity contribution is 0.415. The highest BCUT2D eigenvalue weighted by molar-refractivity contribution is 14.0. The Labute approximate surface area is 153 Å². The van der Waals surface area contributed by atoms with Crippen LogP contribution in [0.5, 0.6) is 5.75 Å². The molecular weight excluding hydrogens is 405 g/mol. The van der Waals surface area contributed by atoms with E-state index in [9.17, 15) is 0 Å². The van der Waals surface area contributed by atoms with E-state index < -0.39 is 0 Å². The first-order chi connectivity index (χ1) is 10.6. The average molecular weight is 427 g/mol. The number of nitrogens with zero attached hydrogens (tertiary/aromatic N) is 3. The molecule has 2 aromatic rings. The second kappa shape index (κ2) is 9.19. The van der Waals surface area contributed by atoms with Gasteiger partial charge in [-0.25, -0.2) is 4.99 Å². The highest BCUT2D eigenvalue weighted by Crippen LogP contribution is 2.17. The maximum atomic E-state index is 5.93. The lowest BCUT2D eigenvalue weighted by Crippen LogP contribution is -2.23. The molecule has 0 aliphatic carbocycles. The molecule has 1 heterocycles. The summed E-state index contributed by atoms with van der Waals surface area (Å²) < 4.78 is 5.17. The van der Waals surface area contributed by atoms with Crippen LogP contribution in [0, 0.1) is 0 Å². The van der Waals surface area contributed by atoms with E-state index in [-0.39, 0.29) is 24.0 Å². The smallest absolute Gasteiger partial charge is 0.193 e. The van der Waals surface area contributed by atoms with E-state index in [1.807, 2.05) is 55.4 Å². The van der Waals surface area contributed by atoms with Crippen molar-refractivity contribution in [2.75, 3.05) is 31.4 Å². The average Bonchev–Trinajstić information content (AvgIpc) is 2.53. The highest BCUT2D eigenvalue weighted by Gasteiger charge is 2.05. The largest absolute Gasteiger partial charge is 0.497 e. The molecule has 0 fully saturated rings. The normalized spacial score (nSPS) is 10.7. The van der Waals surface area contributed by atoms with Crippen LogP contribution in [0.25, 0.3) is 0 Å². The zero-order valence-corrected chi connectivity index (χ0v) is 15.8. The zero-order valence-electron chi connectivity index (χ0n) is 13.5. The van der Waals surface area contributed by atoms with E-state index in [0.29, 0.717) is 12.5 Å². The van der Waals surface area contributed by atoms with Crippen LogP contribution in [-0.2, 0) is 6.54 Å². The van der Waals surface area contributed by atoms with Gasteiger partial charge in [0.15, 0.2) is 5.96 Å². The third kappa shape index (κ3) is 5.59. The molecule has 2 rings (SSSR count). The summed E-state index contributed by atoms with van der Waals surface area (Å²) in [6.07, 6.45) is 1.75. The number of benzene rings is 1. The molecule has 0 saturated carbocycles. The van der Waals surface area contributed by atoms with Gasteiger partial charge in [-0.2, -0.15) is 0 Å². The van der Waals surface area contributed by atoms with Gasteiger partial charge in [0.1, 0.15) is 5.75 Å². The third-order valence-electron chi connectivity index (χ3n) is 3.09. The Morgan fingerprint density at radius 1 is 1.30 bits per heavy atom. The number of hydrogen-bond acceptors (Lipinski definition) is 4. The van der Waals surface area contributed by atoms with Crippen LogP contribution < -0.4 is 20.7 Å². The van der Waals surface area contributed by atoms with Gasteiger partial charge in [-0.1, -0.05) is 6.07 Å². The van der Waals surface area contributed by atoms with Crippen LogP contribution in [-0.4, -0.2) is 32.1 Å². The summed E-state index contributed by atoms with van der Waals surface area (Å²) in [4.78, 5) is 10.7. The number of nitrogens with two attached hydrogens (primary N) is 1. The van der Waals surface area contributed by atoms with Gasteiger partial charge < -0.3 is 20.7 Å². The Morgan fingerprint density at radius 3 is 2.78 bits per heavy atom. The number of pyridine rings is 1. The van der Waals surface area contributed by atoms with Crippen molar-refractivity contribution >= 4 is 41.3 Å². The molecular formula is C16H22IN5O. The molecule has 1 aromatic heterocycles. The lowest BCUT2D eigenvalue weighted by Gasteiger charge is -2.15. The first kappa shape index (κ1) is 19.0. The van der Waals surface area contributed by atoms with Gasteiger partial charge in [0, 0.05) is 32.0 Å². The van der Waals surface area contributed by atoms with Crippen molar-refractivity contribution in [1.29, 1.82) is 0 Å². The molecule has 0 bridgehead atoms. The molecule has 0 unspecified atom stereocenters. The quantitative estimate of drug-likeness (QED) is 0.436. The van der Waals surface area contributed by atoms with Gasteiger partial charge in [0.2, 0.25) is 0 Å². The molecule has 0 radical (unpaired) electrons. The summed E-state index contributed by atoms with van der Waals surface area (Å²) >= 11 is 0. The third-order valence-corrected chi connectivity index (χ3v) is 3.09. The first-order valence-corrected chi connectivity index (χ1v) is 6.92. The molecule has 124 valence electrons.